The molecule has 0 saturated heterocycles. The molecule has 0 spiro atoms. The number of carbonyl (C=O) groups is 1. The molecule has 1 heterocycles. The van der Waals surface area contributed by atoms with Crippen LogP contribution in [0.4, 0.5) is 5.69 Å². The first-order chi connectivity index (χ1) is 8.99. The third-order valence-corrected chi connectivity index (χ3v) is 4.45. The van der Waals surface area contributed by atoms with Crippen molar-refractivity contribution in [3.05, 3.63) is 49.6 Å². The van der Waals surface area contributed by atoms with E-state index in [-0.39, 0.29) is 16.0 Å². The van der Waals surface area contributed by atoms with Gasteiger partial charge in [-0.2, -0.15) is 11.3 Å². The predicted molar refractivity (Wildman–Crippen MR) is 81.1 cm³/mol. The van der Waals surface area contributed by atoms with Crippen molar-refractivity contribution in [2.45, 2.75) is 13.5 Å². The van der Waals surface area contributed by atoms with Gasteiger partial charge in [-0.05, 0) is 40.9 Å². The number of anilines is 1. The number of benzene rings is 1. The van der Waals surface area contributed by atoms with Crippen molar-refractivity contribution in [2.24, 2.45) is 0 Å². The smallest absolute Gasteiger partial charge is 0.251 e. The Morgan fingerprint density at radius 2 is 2.11 bits per heavy atom. The Morgan fingerprint density at radius 1 is 1.37 bits per heavy atom. The summed E-state index contributed by atoms with van der Waals surface area (Å²) in [5.41, 5.74) is 8.65. The molecule has 0 aliphatic rings. The zero-order chi connectivity index (χ0) is 14.0. The highest BCUT2D eigenvalue weighted by atomic mass is 35.5. The second kappa shape index (κ2) is 5.82. The average Bonchev–Trinajstić information content (AvgIpc) is 2.78. The first-order valence-electron chi connectivity index (χ1n) is 5.53. The molecule has 1 aromatic heterocycles. The lowest BCUT2D eigenvalue weighted by atomic mass is 10.1. The lowest BCUT2D eigenvalue weighted by Crippen LogP contribution is -2.23. The molecule has 1 amide bonds. The van der Waals surface area contributed by atoms with Crippen molar-refractivity contribution in [2.75, 3.05) is 5.73 Å². The zero-order valence-electron chi connectivity index (χ0n) is 10.2. The van der Waals surface area contributed by atoms with E-state index in [1.165, 1.54) is 17.7 Å². The van der Waals surface area contributed by atoms with Crippen molar-refractivity contribution < 1.29 is 4.79 Å². The predicted octanol–water partition coefficient (Wildman–Crippen LogP) is 3.88. The minimum atomic E-state index is -0.226. The third kappa shape index (κ3) is 3.21. The molecule has 0 unspecified atom stereocenters. The topological polar surface area (TPSA) is 55.1 Å². The van der Waals surface area contributed by atoms with Crippen LogP contribution >= 0.6 is 34.5 Å². The van der Waals surface area contributed by atoms with Crippen LogP contribution in [0.5, 0.6) is 0 Å². The fourth-order valence-electron chi connectivity index (χ4n) is 1.59. The van der Waals surface area contributed by atoms with E-state index in [4.69, 9.17) is 28.9 Å². The standard InChI is InChI=1S/C13H12Cl2N2OS/c1-7-5-19-6-9(7)4-17-13(18)8-2-10(14)12(15)11(16)3-8/h2-3,5-6H,4,16H2,1H3,(H,17,18). The van der Waals surface area contributed by atoms with E-state index in [1.807, 2.05) is 17.7 Å². The van der Waals surface area contributed by atoms with Crippen LogP contribution < -0.4 is 11.1 Å². The van der Waals surface area contributed by atoms with E-state index in [9.17, 15) is 4.79 Å². The largest absolute Gasteiger partial charge is 0.397 e. The van der Waals surface area contributed by atoms with Crippen LogP contribution in [0.25, 0.3) is 0 Å². The van der Waals surface area contributed by atoms with Gasteiger partial charge in [-0.25, -0.2) is 0 Å². The molecule has 3 nitrogen and oxygen atoms in total. The molecule has 0 aliphatic carbocycles. The van der Waals surface area contributed by atoms with Crippen LogP contribution in [0.3, 0.4) is 0 Å². The van der Waals surface area contributed by atoms with E-state index in [2.05, 4.69) is 5.32 Å². The quantitative estimate of drug-likeness (QED) is 0.845. The van der Waals surface area contributed by atoms with Crippen LogP contribution in [0.2, 0.25) is 10.0 Å². The number of thiophene rings is 1. The van der Waals surface area contributed by atoms with Gasteiger partial charge in [-0.3, -0.25) is 4.79 Å². The van der Waals surface area contributed by atoms with E-state index < -0.39 is 0 Å². The van der Waals surface area contributed by atoms with Gasteiger partial charge in [0.05, 0.1) is 15.7 Å². The third-order valence-electron chi connectivity index (χ3n) is 2.72. The zero-order valence-corrected chi connectivity index (χ0v) is 12.5. The maximum absolute atomic E-state index is 12.0. The molecule has 2 rings (SSSR count). The summed E-state index contributed by atoms with van der Waals surface area (Å²) in [6.45, 7) is 2.49. The van der Waals surface area contributed by atoms with Crippen molar-refractivity contribution in [1.29, 1.82) is 0 Å². The average molecular weight is 315 g/mol. The second-order valence-corrected chi connectivity index (χ2v) is 5.65. The molecule has 0 radical (unpaired) electrons. The van der Waals surface area contributed by atoms with Crippen LogP contribution in [0.1, 0.15) is 21.5 Å². The molecule has 0 atom stereocenters. The van der Waals surface area contributed by atoms with Crippen molar-refractivity contribution in [1.82, 2.24) is 5.32 Å². The summed E-state index contributed by atoms with van der Waals surface area (Å²) in [7, 11) is 0. The summed E-state index contributed by atoms with van der Waals surface area (Å²) in [5, 5.41) is 7.43. The summed E-state index contributed by atoms with van der Waals surface area (Å²) >= 11 is 13.4. The van der Waals surface area contributed by atoms with Gasteiger partial charge in [0.25, 0.3) is 5.91 Å². The Morgan fingerprint density at radius 3 is 2.68 bits per heavy atom. The Kier molecular flexibility index (Phi) is 4.34. The molecule has 6 heteroatoms. The highest BCUT2D eigenvalue weighted by Crippen LogP contribution is 2.29. The van der Waals surface area contributed by atoms with Gasteiger partial charge in [0.1, 0.15) is 0 Å². The molecule has 3 N–H and O–H groups in total. The van der Waals surface area contributed by atoms with Crippen molar-refractivity contribution in [3.8, 4) is 0 Å². The molecule has 19 heavy (non-hydrogen) atoms. The first kappa shape index (κ1) is 14.2. The van der Waals surface area contributed by atoms with Crippen LogP contribution in [-0.2, 0) is 6.54 Å². The maximum atomic E-state index is 12.0. The first-order valence-corrected chi connectivity index (χ1v) is 7.23. The molecular weight excluding hydrogens is 303 g/mol. The number of halogens is 2. The number of aryl methyl sites for hydroxylation is 1. The Bertz CT molecular complexity index is 602. The van der Waals surface area contributed by atoms with Gasteiger partial charge in [0.15, 0.2) is 0 Å². The number of nitrogens with two attached hydrogens (primary N) is 1. The van der Waals surface area contributed by atoms with Crippen molar-refractivity contribution in [3.63, 3.8) is 0 Å². The van der Waals surface area contributed by atoms with Gasteiger partial charge in [-0.15, -0.1) is 0 Å². The number of carbonyl (C=O) groups excluding carboxylic acids is 1. The highest BCUT2D eigenvalue weighted by molar-refractivity contribution is 7.08. The molecule has 0 bridgehead atoms. The number of hydrogen-bond acceptors (Lipinski definition) is 3. The van der Waals surface area contributed by atoms with Crippen LogP contribution in [0.15, 0.2) is 22.9 Å². The van der Waals surface area contributed by atoms with E-state index in [1.54, 1.807) is 11.3 Å². The molecule has 0 fully saturated rings. The maximum Gasteiger partial charge on any atom is 0.251 e. The molecule has 2 aromatic rings. The molecule has 0 aliphatic heterocycles. The summed E-state index contributed by atoms with van der Waals surface area (Å²) in [4.78, 5) is 12.0. The number of hydrogen-bond donors (Lipinski definition) is 2. The molecular formula is C13H12Cl2N2OS. The number of rotatable bonds is 3. The minimum absolute atomic E-state index is 0.226. The van der Waals surface area contributed by atoms with Crippen LogP contribution in [0, 0.1) is 6.92 Å². The Labute approximate surface area is 125 Å². The monoisotopic (exact) mass is 314 g/mol. The normalized spacial score (nSPS) is 10.5. The summed E-state index contributed by atoms with van der Waals surface area (Å²) in [6.07, 6.45) is 0. The van der Waals surface area contributed by atoms with Crippen molar-refractivity contribution >= 4 is 46.1 Å². The Balaban J connectivity index is 2.10. The molecule has 0 saturated carbocycles. The summed E-state index contributed by atoms with van der Waals surface area (Å²) in [5.74, 6) is -0.226. The van der Waals surface area contributed by atoms with Gasteiger partial charge in [0, 0.05) is 12.1 Å². The fourth-order valence-corrected chi connectivity index (χ4v) is 2.78. The van der Waals surface area contributed by atoms with Gasteiger partial charge >= 0.3 is 0 Å². The summed E-state index contributed by atoms with van der Waals surface area (Å²) in [6, 6.07) is 3.03. The fraction of sp³-hybridized carbons (Fsp3) is 0.154. The summed E-state index contributed by atoms with van der Waals surface area (Å²) < 4.78 is 0. The van der Waals surface area contributed by atoms with Gasteiger partial charge < -0.3 is 11.1 Å². The molecule has 1 aromatic carbocycles. The number of nitrogen functional groups attached to an aromatic ring is 1. The lowest BCUT2D eigenvalue weighted by molar-refractivity contribution is 0.0951. The highest BCUT2D eigenvalue weighted by Gasteiger charge is 2.11. The SMILES string of the molecule is Cc1cscc1CNC(=O)c1cc(N)c(Cl)c(Cl)c1. The van der Waals surface area contributed by atoms with Crippen LogP contribution in [-0.4, -0.2) is 5.91 Å². The van der Waals surface area contributed by atoms with Gasteiger partial charge in [0.2, 0.25) is 0 Å². The van der Waals surface area contributed by atoms with E-state index >= 15 is 0 Å². The Hall–Kier alpha value is -1.23. The number of amides is 1. The molecule has 100 valence electrons. The van der Waals surface area contributed by atoms with E-state index in [0.29, 0.717) is 17.8 Å². The van der Waals surface area contributed by atoms with Gasteiger partial charge in [-0.1, -0.05) is 23.2 Å². The second-order valence-electron chi connectivity index (χ2n) is 4.12. The lowest BCUT2D eigenvalue weighted by Gasteiger charge is -2.08. The number of nitrogens with one attached hydrogen (secondary N) is 1. The van der Waals surface area contributed by atoms with E-state index in [0.717, 1.165) is 5.56 Å². The minimum Gasteiger partial charge on any atom is -0.397 e.